The van der Waals surface area contributed by atoms with Crippen molar-refractivity contribution in [2.75, 3.05) is 0 Å². The highest BCUT2D eigenvalue weighted by atomic mass is 32.2. The summed E-state index contributed by atoms with van der Waals surface area (Å²) in [7, 11) is 0. The van der Waals surface area contributed by atoms with Gasteiger partial charge in [-0.2, -0.15) is 0 Å². The third-order valence-corrected chi connectivity index (χ3v) is 7.27. The summed E-state index contributed by atoms with van der Waals surface area (Å²) >= 11 is 1.38. The molecule has 0 aliphatic carbocycles. The van der Waals surface area contributed by atoms with Gasteiger partial charge in [0.1, 0.15) is 5.82 Å². The predicted octanol–water partition coefficient (Wildman–Crippen LogP) is 7.03. The molecule has 1 fully saturated rings. The van der Waals surface area contributed by atoms with Crippen LogP contribution < -0.4 is 0 Å². The van der Waals surface area contributed by atoms with Crippen molar-refractivity contribution in [3.05, 3.63) is 137 Å². The molecule has 5 aromatic rings. The molecule has 1 aliphatic rings. The van der Waals surface area contributed by atoms with Crippen molar-refractivity contribution in [3.8, 4) is 0 Å². The van der Waals surface area contributed by atoms with E-state index >= 15 is 0 Å². The first kappa shape index (κ1) is 23.9. The van der Waals surface area contributed by atoms with E-state index in [-0.39, 0.29) is 11.7 Å². The quantitative estimate of drug-likeness (QED) is 0.227. The van der Waals surface area contributed by atoms with Crippen LogP contribution in [0.3, 0.4) is 0 Å². The second kappa shape index (κ2) is 10.5. The van der Waals surface area contributed by atoms with E-state index in [0.29, 0.717) is 23.2 Å². The molecule has 0 atom stereocenters. The van der Waals surface area contributed by atoms with Crippen molar-refractivity contribution in [1.29, 1.82) is 0 Å². The highest BCUT2D eigenvalue weighted by molar-refractivity contribution is 8.18. The molecule has 0 bridgehead atoms. The van der Waals surface area contributed by atoms with E-state index in [9.17, 15) is 9.18 Å². The van der Waals surface area contributed by atoms with Crippen LogP contribution in [0.15, 0.2) is 119 Å². The molecule has 6 rings (SSSR count). The summed E-state index contributed by atoms with van der Waals surface area (Å²) in [6.45, 7) is 0.975. The smallest absolute Gasteiger partial charge is 0.267 e. The Bertz CT molecular complexity index is 1680. The zero-order chi connectivity index (χ0) is 25.9. The lowest BCUT2D eigenvalue weighted by molar-refractivity contribution is -0.122. The molecule has 1 amide bonds. The number of para-hydroxylation sites is 1. The number of amides is 1. The number of thioether (sulfide) groups is 1. The van der Waals surface area contributed by atoms with E-state index in [2.05, 4.69) is 15.6 Å². The summed E-state index contributed by atoms with van der Waals surface area (Å²) in [6, 6.07) is 28.3. The summed E-state index contributed by atoms with van der Waals surface area (Å²) in [5.74, 6) is -0.323. The van der Waals surface area contributed by atoms with Crippen LogP contribution in [0.4, 0.5) is 10.1 Å². The number of pyridine rings is 1. The molecular weight excluding hydrogens is 495 g/mol. The van der Waals surface area contributed by atoms with Crippen LogP contribution in [0.25, 0.3) is 17.0 Å². The molecule has 1 aliphatic heterocycles. The highest BCUT2D eigenvalue weighted by Gasteiger charge is 2.33. The zero-order valence-electron chi connectivity index (χ0n) is 20.4. The van der Waals surface area contributed by atoms with Crippen LogP contribution in [-0.4, -0.2) is 25.5 Å². The number of fused-ring (bicyclic) bond motifs is 1. The lowest BCUT2D eigenvalue weighted by atomic mass is 10.1. The Morgan fingerprint density at radius 3 is 2.58 bits per heavy atom. The molecule has 0 saturated carbocycles. The Labute approximate surface area is 224 Å². The summed E-state index contributed by atoms with van der Waals surface area (Å²) in [4.78, 5) is 24.8. The van der Waals surface area contributed by atoms with Crippen molar-refractivity contribution in [3.63, 3.8) is 0 Å². The molecule has 186 valence electrons. The second-order valence-corrected chi connectivity index (χ2v) is 9.99. The van der Waals surface area contributed by atoms with Crippen molar-refractivity contribution in [1.82, 2.24) is 14.5 Å². The van der Waals surface area contributed by atoms with Gasteiger partial charge in [0.25, 0.3) is 5.91 Å². The first-order valence-corrected chi connectivity index (χ1v) is 13.0. The monoisotopic (exact) mass is 518 g/mol. The van der Waals surface area contributed by atoms with E-state index in [1.807, 2.05) is 79.0 Å². The minimum absolute atomic E-state index is 0.0858. The topological polar surface area (TPSA) is 50.5 Å². The number of amidine groups is 1. The average Bonchev–Trinajstić information content (AvgIpc) is 3.45. The largest absolute Gasteiger partial charge is 0.343 e. The van der Waals surface area contributed by atoms with Gasteiger partial charge < -0.3 is 4.57 Å². The first-order chi connectivity index (χ1) is 18.6. The van der Waals surface area contributed by atoms with Gasteiger partial charge in [0.15, 0.2) is 5.17 Å². The number of hydrogen-bond donors (Lipinski definition) is 0. The van der Waals surface area contributed by atoms with Crippen LogP contribution in [0.5, 0.6) is 0 Å². The minimum atomic E-state index is -0.237. The maximum atomic E-state index is 13.6. The fourth-order valence-electron chi connectivity index (χ4n) is 4.45. The van der Waals surface area contributed by atoms with Crippen LogP contribution >= 0.6 is 11.8 Å². The predicted molar refractivity (Wildman–Crippen MR) is 151 cm³/mol. The molecule has 0 radical (unpaired) electrons. The van der Waals surface area contributed by atoms with E-state index in [1.54, 1.807) is 29.4 Å². The molecule has 2 aromatic heterocycles. The van der Waals surface area contributed by atoms with Crippen molar-refractivity contribution in [2.24, 2.45) is 4.99 Å². The van der Waals surface area contributed by atoms with Gasteiger partial charge in [-0.25, -0.2) is 9.38 Å². The summed E-state index contributed by atoms with van der Waals surface area (Å²) < 4.78 is 15.7. The van der Waals surface area contributed by atoms with E-state index in [0.717, 1.165) is 33.3 Å². The zero-order valence-corrected chi connectivity index (χ0v) is 21.2. The average molecular weight is 519 g/mol. The molecular formula is C31H23FN4OS. The standard InChI is InChI=1S/C31H23FN4OS/c32-26-8-4-6-23(17-26)20-35-15-13-25-16-22(11-12-28(25)35)18-29-30(37)36(21-24-7-5-14-33-19-24)31(38-29)34-27-9-2-1-3-10-27/h1-19H,20-21H2/b29-18+,34-31?. The number of carbonyl (C=O) groups excluding carboxylic acids is 1. The van der Waals surface area contributed by atoms with Crippen LogP contribution in [0.2, 0.25) is 0 Å². The van der Waals surface area contributed by atoms with Crippen molar-refractivity contribution < 1.29 is 9.18 Å². The van der Waals surface area contributed by atoms with E-state index < -0.39 is 0 Å². The Kier molecular flexibility index (Phi) is 6.58. The number of nitrogens with zero attached hydrogens (tertiary/aromatic N) is 4. The second-order valence-electron chi connectivity index (χ2n) is 8.98. The van der Waals surface area contributed by atoms with Gasteiger partial charge in [0.05, 0.1) is 17.1 Å². The van der Waals surface area contributed by atoms with Gasteiger partial charge >= 0.3 is 0 Å². The lowest BCUT2D eigenvalue weighted by Gasteiger charge is -2.15. The molecule has 3 aromatic carbocycles. The van der Waals surface area contributed by atoms with Gasteiger partial charge in [-0.05, 0) is 83.1 Å². The lowest BCUT2D eigenvalue weighted by Crippen LogP contribution is -2.28. The Balaban J connectivity index is 1.30. The van der Waals surface area contributed by atoms with Crippen molar-refractivity contribution >= 4 is 45.5 Å². The van der Waals surface area contributed by atoms with E-state index in [1.165, 1.54) is 17.8 Å². The van der Waals surface area contributed by atoms with Crippen LogP contribution in [0, 0.1) is 5.82 Å². The Hall–Kier alpha value is -4.49. The number of hydrogen-bond acceptors (Lipinski definition) is 4. The van der Waals surface area contributed by atoms with E-state index in [4.69, 9.17) is 4.99 Å². The fraction of sp³-hybridized carbons (Fsp3) is 0.0645. The molecule has 0 unspecified atom stereocenters. The normalized spacial score (nSPS) is 15.7. The number of benzene rings is 3. The van der Waals surface area contributed by atoms with Gasteiger partial charge in [0, 0.05) is 36.0 Å². The van der Waals surface area contributed by atoms with Crippen LogP contribution in [-0.2, 0) is 17.9 Å². The van der Waals surface area contributed by atoms with Gasteiger partial charge in [-0.15, -0.1) is 0 Å². The maximum Gasteiger partial charge on any atom is 0.267 e. The number of halogens is 1. The molecule has 1 saturated heterocycles. The molecule has 7 heteroatoms. The summed E-state index contributed by atoms with van der Waals surface area (Å²) in [5, 5.41) is 1.69. The molecule has 38 heavy (non-hydrogen) atoms. The summed E-state index contributed by atoms with van der Waals surface area (Å²) in [5.41, 5.74) is 4.61. The number of aliphatic imine (C=N–C) groups is 1. The van der Waals surface area contributed by atoms with Crippen LogP contribution in [0.1, 0.15) is 16.7 Å². The Morgan fingerprint density at radius 1 is 0.895 bits per heavy atom. The highest BCUT2D eigenvalue weighted by Crippen LogP contribution is 2.35. The first-order valence-electron chi connectivity index (χ1n) is 12.2. The third kappa shape index (κ3) is 5.14. The number of carbonyl (C=O) groups is 1. The minimum Gasteiger partial charge on any atom is -0.343 e. The summed E-state index contributed by atoms with van der Waals surface area (Å²) in [6.07, 6.45) is 7.40. The SMILES string of the molecule is O=C1/C(=C\c2ccc3c(ccn3Cc3cccc(F)c3)c2)SC(=Nc2ccccc2)N1Cc1cccnc1. The number of aromatic nitrogens is 2. The van der Waals surface area contributed by atoms with Gasteiger partial charge in [-0.1, -0.05) is 42.5 Å². The third-order valence-electron chi connectivity index (χ3n) is 6.27. The molecule has 0 N–H and O–H groups in total. The van der Waals surface area contributed by atoms with Gasteiger partial charge in [0.2, 0.25) is 0 Å². The van der Waals surface area contributed by atoms with Gasteiger partial charge in [-0.3, -0.25) is 14.7 Å². The maximum absolute atomic E-state index is 13.6. The Morgan fingerprint density at radius 2 is 1.76 bits per heavy atom. The number of rotatable bonds is 6. The molecule has 0 spiro atoms. The fourth-order valence-corrected chi connectivity index (χ4v) is 5.45. The molecule has 5 nitrogen and oxygen atoms in total. The molecule has 3 heterocycles. The van der Waals surface area contributed by atoms with Crippen molar-refractivity contribution in [2.45, 2.75) is 13.1 Å².